The minimum Gasteiger partial charge on any atom is -0.359 e. The third-order valence-corrected chi connectivity index (χ3v) is 4.26. The van der Waals surface area contributed by atoms with Crippen molar-refractivity contribution in [2.45, 2.75) is 32.2 Å². The Balaban J connectivity index is 1.51. The quantitative estimate of drug-likeness (QED) is 0.549. The van der Waals surface area contributed by atoms with Gasteiger partial charge in [-0.1, -0.05) is 25.9 Å². The summed E-state index contributed by atoms with van der Waals surface area (Å²) in [5.41, 5.74) is 1.06. The van der Waals surface area contributed by atoms with Crippen LogP contribution in [-0.2, 0) is 10.2 Å². The lowest BCUT2D eigenvalue weighted by molar-refractivity contribution is -0.118. The van der Waals surface area contributed by atoms with Gasteiger partial charge >= 0.3 is 6.03 Å². The number of nitrogens with one attached hydrogen (secondary N) is 5. The number of hydrogen-bond acceptors (Lipinski definition) is 6. The lowest BCUT2D eigenvalue weighted by Crippen LogP contribution is -2.54. The number of urea groups is 1. The van der Waals surface area contributed by atoms with E-state index in [9.17, 15) is 9.59 Å². The van der Waals surface area contributed by atoms with Crippen LogP contribution in [0, 0.1) is 0 Å². The van der Waals surface area contributed by atoms with Gasteiger partial charge in [-0.15, -0.1) is 0 Å². The topological polar surface area (TPSA) is 120 Å². The highest BCUT2D eigenvalue weighted by Gasteiger charge is 2.21. The van der Waals surface area contributed by atoms with Gasteiger partial charge in [0.05, 0.1) is 6.04 Å². The fourth-order valence-corrected chi connectivity index (χ4v) is 2.67. The van der Waals surface area contributed by atoms with Crippen LogP contribution in [0.25, 0.3) is 0 Å². The van der Waals surface area contributed by atoms with E-state index in [0.29, 0.717) is 29.5 Å². The second kappa shape index (κ2) is 8.41. The maximum absolute atomic E-state index is 12.2. The molecule has 0 bridgehead atoms. The molecular weight excluding hydrogens is 360 g/mol. The number of anilines is 3. The first-order valence-electron chi connectivity index (χ1n) is 9.21. The first-order chi connectivity index (χ1) is 13.3. The minimum absolute atomic E-state index is 0.0914. The van der Waals surface area contributed by atoms with Crippen LogP contribution in [0.1, 0.15) is 26.5 Å². The zero-order valence-corrected chi connectivity index (χ0v) is 16.3. The second-order valence-electron chi connectivity index (χ2n) is 7.68. The number of piperazine rings is 1. The average molecular weight is 386 g/mol. The Labute approximate surface area is 163 Å². The summed E-state index contributed by atoms with van der Waals surface area (Å²) >= 11 is 0. The molecule has 1 aliphatic heterocycles. The van der Waals surface area contributed by atoms with E-state index in [1.807, 2.05) is 20.8 Å². The van der Waals surface area contributed by atoms with Crippen molar-refractivity contribution in [2.75, 3.05) is 35.6 Å². The molecular formula is C19H26N6O3. The number of nitrogens with zero attached hydrogens (tertiary/aromatic N) is 1. The molecule has 0 aliphatic carbocycles. The standard InChI is InChI=1S/C19H26N6O3/c1-19(2,3)15-10-16(25-28-15)24-18(27)23-13-6-4-12(5-7-13)22-17(26)14-11-20-8-9-21-14/h4-7,10,14,20-21H,8-9,11H2,1-3H3,(H,22,26)(H2,23,24,25,27). The Bertz CT molecular complexity index is 819. The summed E-state index contributed by atoms with van der Waals surface area (Å²) in [6.07, 6.45) is 0. The third kappa shape index (κ3) is 5.30. The summed E-state index contributed by atoms with van der Waals surface area (Å²) in [5, 5.41) is 18.4. The first-order valence-corrected chi connectivity index (χ1v) is 9.21. The Hall–Kier alpha value is -2.91. The van der Waals surface area contributed by atoms with Gasteiger partial charge < -0.3 is 25.8 Å². The summed E-state index contributed by atoms with van der Waals surface area (Å²) in [7, 11) is 0. The molecule has 1 saturated heterocycles. The molecule has 0 spiro atoms. The van der Waals surface area contributed by atoms with E-state index in [2.05, 4.69) is 31.7 Å². The molecule has 1 aliphatic rings. The highest BCUT2D eigenvalue weighted by molar-refractivity contribution is 5.99. The van der Waals surface area contributed by atoms with Crippen LogP contribution in [0.4, 0.5) is 22.0 Å². The van der Waals surface area contributed by atoms with Crippen molar-refractivity contribution < 1.29 is 14.1 Å². The molecule has 1 atom stereocenters. The predicted octanol–water partition coefficient (Wildman–Crippen LogP) is 2.12. The van der Waals surface area contributed by atoms with Crippen LogP contribution in [0.3, 0.4) is 0 Å². The predicted molar refractivity (Wildman–Crippen MR) is 108 cm³/mol. The van der Waals surface area contributed by atoms with Crippen molar-refractivity contribution in [1.29, 1.82) is 0 Å². The number of carbonyl (C=O) groups is 2. The molecule has 0 saturated carbocycles. The summed E-state index contributed by atoms with van der Waals surface area (Å²) in [5.74, 6) is 0.941. The second-order valence-corrected chi connectivity index (χ2v) is 7.68. The SMILES string of the molecule is CC(C)(C)c1cc(NC(=O)Nc2ccc(NC(=O)C3CNCCN3)cc2)no1. The number of carbonyl (C=O) groups excluding carboxylic acids is 2. The number of rotatable bonds is 4. The Morgan fingerprint density at radius 2 is 1.75 bits per heavy atom. The summed E-state index contributed by atoms with van der Waals surface area (Å²) in [6, 6.07) is 7.92. The van der Waals surface area contributed by atoms with Gasteiger partial charge in [0.2, 0.25) is 5.91 Å². The Kier molecular flexibility index (Phi) is 5.96. The summed E-state index contributed by atoms with van der Waals surface area (Å²) in [6.45, 7) is 8.22. The van der Waals surface area contributed by atoms with Gasteiger partial charge in [-0.25, -0.2) is 4.79 Å². The molecule has 28 heavy (non-hydrogen) atoms. The van der Waals surface area contributed by atoms with Crippen LogP contribution in [0.15, 0.2) is 34.9 Å². The van der Waals surface area contributed by atoms with Gasteiger partial charge in [-0.05, 0) is 24.3 Å². The van der Waals surface area contributed by atoms with Crippen molar-refractivity contribution in [2.24, 2.45) is 0 Å². The van der Waals surface area contributed by atoms with Gasteiger partial charge in [-0.2, -0.15) is 0 Å². The zero-order valence-electron chi connectivity index (χ0n) is 16.3. The molecule has 3 amide bonds. The fourth-order valence-electron chi connectivity index (χ4n) is 2.67. The average Bonchev–Trinajstić information content (AvgIpc) is 3.13. The van der Waals surface area contributed by atoms with Crippen molar-refractivity contribution in [3.63, 3.8) is 0 Å². The van der Waals surface area contributed by atoms with Crippen molar-refractivity contribution in [1.82, 2.24) is 15.8 Å². The van der Waals surface area contributed by atoms with Gasteiger partial charge in [0, 0.05) is 42.5 Å². The van der Waals surface area contributed by atoms with E-state index in [0.717, 1.165) is 13.1 Å². The number of amides is 3. The first kappa shape index (κ1) is 19.8. The number of benzene rings is 1. The summed E-state index contributed by atoms with van der Waals surface area (Å²) in [4.78, 5) is 24.3. The van der Waals surface area contributed by atoms with Crippen LogP contribution in [-0.4, -0.2) is 42.8 Å². The van der Waals surface area contributed by atoms with Crippen molar-refractivity contribution in [3.8, 4) is 0 Å². The zero-order chi connectivity index (χ0) is 20.1. The molecule has 3 rings (SSSR count). The van der Waals surface area contributed by atoms with Crippen LogP contribution in [0.2, 0.25) is 0 Å². The van der Waals surface area contributed by atoms with Crippen molar-refractivity contribution >= 4 is 29.1 Å². The molecule has 5 N–H and O–H groups in total. The van der Waals surface area contributed by atoms with Crippen LogP contribution in [0.5, 0.6) is 0 Å². The van der Waals surface area contributed by atoms with E-state index in [-0.39, 0.29) is 17.4 Å². The number of aromatic nitrogens is 1. The molecule has 1 aromatic heterocycles. The smallest absolute Gasteiger partial charge is 0.324 e. The monoisotopic (exact) mass is 386 g/mol. The van der Waals surface area contributed by atoms with Crippen LogP contribution >= 0.6 is 0 Å². The molecule has 1 aromatic carbocycles. The minimum atomic E-state index is -0.428. The lowest BCUT2D eigenvalue weighted by atomic mass is 9.93. The van der Waals surface area contributed by atoms with Crippen molar-refractivity contribution in [3.05, 3.63) is 36.1 Å². The maximum Gasteiger partial charge on any atom is 0.324 e. The van der Waals surface area contributed by atoms with Gasteiger partial charge in [0.15, 0.2) is 5.82 Å². The molecule has 1 fully saturated rings. The maximum atomic E-state index is 12.2. The molecule has 1 unspecified atom stereocenters. The van der Waals surface area contributed by atoms with E-state index in [1.54, 1.807) is 30.3 Å². The Morgan fingerprint density at radius 3 is 2.32 bits per heavy atom. The van der Waals surface area contributed by atoms with E-state index in [4.69, 9.17) is 4.52 Å². The lowest BCUT2D eigenvalue weighted by Gasteiger charge is -2.23. The van der Waals surface area contributed by atoms with Gasteiger partial charge in [0.1, 0.15) is 5.76 Å². The van der Waals surface area contributed by atoms with Crippen LogP contribution < -0.4 is 26.6 Å². The molecule has 9 heteroatoms. The highest BCUT2D eigenvalue weighted by atomic mass is 16.5. The largest absolute Gasteiger partial charge is 0.359 e. The van der Waals surface area contributed by atoms with E-state index in [1.165, 1.54) is 0 Å². The Morgan fingerprint density at radius 1 is 1.07 bits per heavy atom. The summed E-state index contributed by atoms with van der Waals surface area (Å²) < 4.78 is 5.24. The van der Waals surface area contributed by atoms with E-state index >= 15 is 0 Å². The third-order valence-electron chi connectivity index (χ3n) is 4.26. The van der Waals surface area contributed by atoms with Gasteiger partial charge in [-0.3, -0.25) is 10.1 Å². The molecule has 9 nitrogen and oxygen atoms in total. The molecule has 150 valence electrons. The van der Waals surface area contributed by atoms with Gasteiger partial charge in [0.25, 0.3) is 0 Å². The molecule has 2 heterocycles. The molecule has 0 radical (unpaired) electrons. The fraction of sp³-hybridized carbons (Fsp3) is 0.421. The number of hydrogen-bond donors (Lipinski definition) is 5. The highest BCUT2D eigenvalue weighted by Crippen LogP contribution is 2.24. The molecule has 2 aromatic rings. The normalized spacial score (nSPS) is 17.0. The van der Waals surface area contributed by atoms with E-state index < -0.39 is 6.03 Å².